The molecule has 276 valence electrons. The van der Waals surface area contributed by atoms with E-state index in [9.17, 15) is 26.4 Å². The fourth-order valence-corrected chi connectivity index (χ4v) is 12.6. The number of carbonyl (C=O) groups is 2. The van der Waals surface area contributed by atoms with Gasteiger partial charge in [0.05, 0.1) is 33.1 Å². The van der Waals surface area contributed by atoms with Crippen molar-refractivity contribution in [3.63, 3.8) is 0 Å². The van der Waals surface area contributed by atoms with Crippen LogP contribution < -0.4 is 0 Å². The predicted octanol–water partition coefficient (Wildman–Crippen LogP) is 9.52. The van der Waals surface area contributed by atoms with Gasteiger partial charge in [-0.2, -0.15) is 0 Å². The molecule has 0 fully saturated rings. The first-order chi connectivity index (χ1) is 24.9. The molecule has 2 aliphatic heterocycles. The van der Waals surface area contributed by atoms with E-state index in [1.165, 1.54) is 0 Å². The molecule has 0 saturated carbocycles. The van der Waals surface area contributed by atoms with E-state index in [1.54, 1.807) is 36.4 Å². The lowest BCUT2D eigenvalue weighted by molar-refractivity contribution is -0.129. The van der Waals surface area contributed by atoms with Crippen LogP contribution in [0.25, 0.3) is 0 Å². The minimum absolute atomic E-state index is 0.0492. The zero-order valence-electron chi connectivity index (χ0n) is 30.9. The molecule has 4 atom stereocenters. The Kier molecular flexibility index (Phi) is 12.4. The number of carbonyl (C=O) groups excluding carboxylic acids is 2. The summed E-state index contributed by atoms with van der Waals surface area (Å²) in [4.78, 5) is 28.2. The number of ketones is 2. The predicted molar refractivity (Wildman–Crippen MR) is 208 cm³/mol. The van der Waals surface area contributed by atoms with Crippen molar-refractivity contribution in [1.29, 1.82) is 0 Å². The van der Waals surface area contributed by atoms with E-state index in [0.29, 0.717) is 46.6 Å². The molecular weight excluding hydrogens is 689 g/mol. The van der Waals surface area contributed by atoms with Crippen LogP contribution in [0.1, 0.15) is 113 Å². The van der Waals surface area contributed by atoms with Crippen LogP contribution in [0.5, 0.6) is 0 Å². The number of rotatable bonds is 10. The normalized spacial score (nSPS) is 24.7. The van der Waals surface area contributed by atoms with E-state index in [2.05, 4.69) is 13.8 Å². The van der Waals surface area contributed by atoms with Crippen LogP contribution in [0.2, 0.25) is 0 Å². The molecule has 0 radical (unpaired) electrons. The van der Waals surface area contributed by atoms with Gasteiger partial charge in [-0.3, -0.25) is 9.59 Å². The Morgan fingerprint density at radius 2 is 0.827 bits per heavy atom. The van der Waals surface area contributed by atoms with E-state index in [4.69, 9.17) is 0 Å². The Morgan fingerprint density at radius 3 is 1.15 bits per heavy atom. The van der Waals surface area contributed by atoms with E-state index >= 15 is 0 Å². The largest absolute Gasteiger partial charge is 0.298 e. The molecule has 4 aromatic carbocycles. The van der Waals surface area contributed by atoms with Gasteiger partial charge >= 0.3 is 0 Å². The smallest absolute Gasteiger partial charge is 0.179 e. The Bertz CT molecular complexity index is 1920. The molecule has 0 amide bonds. The van der Waals surface area contributed by atoms with E-state index in [-0.39, 0.29) is 23.1 Å². The molecule has 2 aliphatic rings. The monoisotopic (exact) mass is 740 g/mol. The lowest BCUT2D eigenvalue weighted by atomic mass is 9.70. The van der Waals surface area contributed by atoms with Crippen LogP contribution in [-0.4, -0.2) is 39.9 Å². The number of Topliss-reactive ketones (excluding diaryl/α,β-unsaturated/α-hetero) is 2. The van der Waals surface area contributed by atoms with Crippen LogP contribution in [0.15, 0.2) is 119 Å². The summed E-state index contributed by atoms with van der Waals surface area (Å²) in [6.45, 7) is 8.03. The van der Waals surface area contributed by atoms with Crippen molar-refractivity contribution in [3.8, 4) is 0 Å². The summed E-state index contributed by atoms with van der Waals surface area (Å²) in [6, 6.07) is 33.2. The fourth-order valence-electron chi connectivity index (χ4n) is 8.20. The zero-order chi connectivity index (χ0) is 37.6. The van der Waals surface area contributed by atoms with Gasteiger partial charge in [-0.25, -0.2) is 16.8 Å². The number of sulfone groups is 2. The highest BCUT2D eigenvalue weighted by Crippen LogP contribution is 2.47. The first-order valence-corrected chi connectivity index (χ1v) is 22.0. The highest BCUT2D eigenvalue weighted by Gasteiger charge is 2.50. The second kappa shape index (κ2) is 16.4. The van der Waals surface area contributed by atoms with Crippen molar-refractivity contribution in [2.45, 2.75) is 101 Å². The van der Waals surface area contributed by atoms with Gasteiger partial charge in [0.2, 0.25) is 0 Å². The Balaban J connectivity index is 0.000000201. The van der Waals surface area contributed by atoms with Crippen LogP contribution >= 0.6 is 0 Å². The van der Waals surface area contributed by atoms with Crippen molar-refractivity contribution in [2.75, 3.05) is 11.5 Å². The van der Waals surface area contributed by atoms with Gasteiger partial charge in [-0.15, -0.1) is 0 Å². The molecule has 2 heterocycles. The van der Waals surface area contributed by atoms with Crippen LogP contribution in [0.3, 0.4) is 0 Å². The Hall–Kier alpha value is -3.88. The third-order valence-electron chi connectivity index (χ3n) is 11.3. The van der Waals surface area contributed by atoms with E-state index < -0.39 is 42.3 Å². The second-order valence-corrected chi connectivity index (χ2v) is 18.4. The van der Waals surface area contributed by atoms with Crippen LogP contribution in [-0.2, 0) is 29.3 Å². The minimum atomic E-state index is -3.52. The SMILES string of the molecule is CCCC[C@]1(CC)CS(=O)(=O)c2ccccc2[C@@H](c2ccccc2)C1=O.CCCC[C@]1(CC)CS(=O)(=O)c2ccccc2[C@H](c2ccccc2)C1=O. The van der Waals surface area contributed by atoms with Gasteiger partial charge in [0.25, 0.3) is 0 Å². The molecule has 0 spiro atoms. The van der Waals surface area contributed by atoms with Gasteiger partial charge in [-0.1, -0.05) is 150 Å². The molecule has 8 heteroatoms. The quantitative estimate of drug-likeness (QED) is 0.161. The van der Waals surface area contributed by atoms with Crippen molar-refractivity contribution in [3.05, 3.63) is 131 Å². The summed E-state index contributed by atoms with van der Waals surface area (Å²) in [5, 5.41) is 0. The lowest BCUT2D eigenvalue weighted by Crippen LogP contribution is -2.38. The number of unbranched alkanes of at least 4 members (excludes halogenated alkanes) is 2. The molecule has 0 N–H and O–H groups in total. The molecule has 0 bridgehead atoms. The molecule has 6 rings (SSSR count). The topological polar surface area (TPSA) is 102 Å². The molecule has 0 saturated heterocycles. The van der Waals surface area contributed by atoms with Crippen molar-refractivity contribution in [1.82, 2.24) is 0 Å². The summed E-state index contributed by atoms with van der Waals surface area (Å²) in [5.74, 6) is -1.13. The first kappa shape index (κ1) is 39.3. The molecule has 52 heavy (non-hydrogen) atoms. The third-order valence-corrected chi connectivity index (χ3v) is 15.2. The first-order valence-electron chi connectivity index (χ1n) is 18.7. The summed E-state index contributed by atoms with van der Waals surface area (Å²) < 4.78 is 52.8. The standard InChI is InChI=1S/2C22H26O3S/c2*1-3-5-15-22(4-2)16-26(24,25)19-14-10-9-13-18(19)20(21(22)23)17-11-7-6-8-12-17/h2*6-14,20H,3-5,15-16H2,1-2H3/t20-,22+;20-,22-/m01/s1. The van der Waals surface area contributed by atoms with Crippen molar-refractivity contribution < 1.29 is 26.4 Å². The maximum absolute atomic E-state index is 13.8. The molecule has 4 aromatic rings. The number of fused-ring (bicyclic) bond motifs is 2. The highest BCUT2D eigenvalue weighted by atomic mass is 32.2. The molecule has 0 unspecified atom stereocenters. The molecule has 0 aromatic heterocycles. The van der Waals surface area contributed by atoms with Crippen LogP contribution in [0.4, 0.5) is 0 Å². The maximum Gasteiger partial charge on any atom is 0.179 e. The molecule has 0 aliphatic carbocycles. The lowest BCUT2D eigenvalue weighted by Gasteiger charge is -2.32. The van der Waals surface area contributed by atoms with Gasteiger partial charge in [-0.05, 0) is 60.1 Å². The number of benzene rings is 4. The number of hydrogen-bond acceptors (Lipinski definition) is 6. The Labute approximate surface area is 310 Å². The van der Waals surface area contributed by atoms with Crippen molar-refractivity contribution >= 4 is 31.2 Å². The van der Waals surface area contributed by atoms with Crippen LogP contribution in [0, 0.1) is 10.8 Å². The summed E-state index contributed by atoms with van der Waals surface area (Å²) >= 11 is 0. The number of hydrogen-bond donors (Lipinski definition) is 0. The fraction of sp³-hybridized carbons (Fsp3) is 0.409. The van der Waals surface area contributed by atoms with E-state index in [1.807, 2.05) is 86.6 Å². The summed E-state index contributed by atoms with van der Waals surface area (Å²) in [6.07, 6.45) is 5.92. The van der Waals surface area contributed by atoms with Crippen molar-refractivity contribution in [2.24, 2.45) is 10.8 Å². The summed E-state index contributed by atoms with van der Waals surface area (Å²) in [7, 11) is -7.05. The highest BCUT2D eigenvalue weighted by molar-refractivity contribution is 7.91. The van der Waals surface area contributed by atoms with Gasteiger partial charge in [0.15, 0.2) is 31.2 Å². The molecule has 6 nitrogen and oxygen atoms in total. The van der Waals surface area contributed by atoms with Gasteiger partial charge < -0.3 is 0 Å². The average molecular weight is 741 g/mol. The van der Waals surface area contributed by atoms with Gasteiger partial charge in [0, 0.05) is 10.8 Å². The summed E-state index contributed by atoms with van der Waals surface area (Å²) in [5.41, 5.74) is 1.33. The maximum atomic E-state index is 13.8. The average Bonchev–Trinajstić information content (AvgIpc) is 3.28. The third kappa shape index (κ3) is 7.74. The minimum Gasteiger partial charge on any atom is -0.298 e. The zero-order valence-corrected chi connectivity index (χ0v) is 32.5. The second-order valence-electron chi connectivity index (χ2n) is 14.5. The van der Waals surface area contributed by atoms with E-state index in [0.717, 1.165) is 36.8 Å². The molecular formula is C44H52O6S2. The van der Waals surface area contributed by atoms with Gasteiger partial charge in [0.1, 0.15) is 0 Å². The Morgan fingerprint density at radius 1 is 0.500 bits per heavy atom.